The van der Waals surface area contributed by atoms with Crippen LogP contribution < -0.4 is 0 Å². The molecule has 0 aromatic rings. The van der Waals surface area contributed by atoms with E-state index in [0.29, 0.717) is 0 Å². The van der Waals surface area contributed by atoms with Crippen LogP contribution in [0.4, 0.5) is 0 Å². The summed E-state index contributed by atoms with van der Waals surface area (Å²) in [5, 5.41) is 0. The molecule has 0 aromatic carbocycles. The van der Waals surface area contributed by atoms with Gasteiger partial charge in [0.25, 0.3) is 0 Å². The van der Waals surface area contributed by atoms with Crippen LogP contribution in [0.15, 0.2) is 0 Å². The van der Waals surface area contributed by atoms with Crippen molar-refractivity contribution in [2.24, 2.45) is 0 Å². The third-order valence-electron chi connectivity index (χ3n) is 0.667. The van der Waals surface area contributed by atoms with Gasteiger partial charge in [0.1, 0.15) is 0 Å². The van der Waals surface area contributed by atoms with Gasteiger partial charge >= 0.3 is 56.7 Å². The van der Waals surface area contributed by atoms with E-state index in [4.69, 9.17) is 0 Å². The molecule has 0 bridgehead atoms. The zero-order chi connectivity index (χ0) is 5.86. The van der Waals surface area contributed by atoms with Crippen LogP contribution in [0.5, 0.6) is 0 Å². The monoisotopic (exact) mass is 206 g/mol. The first-order valence-corrected chi connectivity index (χ1v) is 6.18. The molecule has 0 nitrogen and oxygen atoms in total. The summed E-state index contributed by atoms with van der Waals surface area (Å²) < 4.78 is 2.09. The van der Waals surface area contributed by atoms with Crippen molar-refractivity contribution >= 4 is 21.1 Å². The Morgan fingerprint density at radius 1 is 0.857 bits per heavy atom. The van der Waals surface area contributed by atoms with E-state index in [0.717, 1.165) is 7.87 Å². The molecule has 0 spiro atoms. The quantitative estimate of drug-likeness (QED) is 0.606. The molecule has 0 aliphatic rings. The van der Waals surface area contributed by atoms with Crippen molar-refractivity contribution < 1.29 is 0 Å². The number of hydrogen-bond donors (Lipinski definition) is 0. The predicted molar refractivity (Wildman–Crippen MR) is 35.9 cm³/mol. The van der Waals surface area contributed by atoms with Crippen molar-refractivity contribution in [2.75, 3.05) is 0 Å². The van der Waals surface area contributed by atoms with E-state index < -0.39 is 0 Å². The average Bonchev–Trinajstić information content (AvgIpc) is 1.27. The topological polar surface area (TPSA) is 0 Å². The van der Waals surface area contributed by atoms with Gasteiger partial charge in [0.05, 0.1) is 0 Å². The zero-order valence-corrected chi connectivity index (χ0v) is 8.51. The molecule has 0 aliphatic carbocycles. The molecule has 0 atom stereocenters. The zero-order valence-electron chi connectivity index (χ0n) is 5.65. The Hall–Kier alpha value is 0.799. The summed E-state index contributed by atoms with van der Waals surface area (Å²) in [6, 6.07) is 0. The van der Waals surface area contributed by atoms with Crippen LogP contribution in [0.3, 0.4) is 0 Å². The fraction of sp³-hybridized carbons (Fsp3) is 1.00. The Labute approximate surface area is 56.9 Å². The van der Waals surface area contributed by atoms with E-state index in [9.17, 15) is 0 Å². The third kappa shape index (κ3) is 6.80. The molecule has 1 heteroatoms. The minimum atomic E-state index is 0.0389. The van der Waals surface area contributed by atoms with E-state index in [1.54, 1.807) is 0 Å². The van der Waals surface area contributed by atoms with Crippen LogP contribution in [0.1, 0.15) is 27.7 Å². The number of rotatable bonds is 2. The van der Waals surface area contributed by atoms with Gasteiger partial charge in [-0.2, -0.15) is 0 Å². The van der Waals surface area contributed by atoms with Crippen molar-refractivity contribution in [1.82, 2.24) is 0 Å². The Kier molecular flexibility index (Phi) is 4.19. The standard InChI is InChI=1S/2C3H7.Sn/c2*1-3-2;/h2*3H,1-2H3;. The third-order valence-corrected chi connectivity index (χ3v) is 4.47. The molecule has 0 rings (SSSR count). The fourth-order valence-electron chi connectivity index (χ4n) is 0.667. The molecule has 2 radical (unpaired) electrons. The van der Waals surface area contributed by atoms with Crippen LogP contribution in [0, 0.1) is 0 Å². The van der Waals surface area contributed by atoms with E-state index in [1.165, 1.54) is 0 Å². The molecule has 0 N–H and O–H groups in total. The van der Waals surface area contributed by atoms with E-state index in [1.807, 2.05) is 0 Å². The van der Waals surface area contributed by atoms with Gasteiger partial charge < -0.3 is 0 Å². The minimum absolute atomic E-state index is 0.0389. The van der Waals surface area contributed by atoms with Crippen molar-refractivity contribution in [1.29, 1.82) is 0 Å². The second-order valence-corrected chi connectivity index (χ2v) is 10.0. The summed E-state index contributed by atoms with van der Waals surface area (Å²) in [4.78, 5) is 0. The summed E-state index contributed by atoms with van der Waals surface area (Å²) in [5.41, 5.74) is 0. The maximum absolute atomic E-state index is 2.34. The van der Waals surface area contributed by atoms with Gasteiger partial charge in [-0.05, 0) is 0 Å². The molecular weight excluding hydrogens is 191 g/mol. The molecular formula is C6H14Sn. The molecule has 0 amide bonds. The normalized spacial score (nSPS) is 11.1. The summed E-state index contributed by atoms with van der Waals surface area (Å²) in [7, 11) is 0. The molecule has 0 unspecified atom stereocenters. The summed E-state index contributed by atoms with van der Waals surface area (Å²) in [6.45, 7) is 9.36. The predicted octanol–water partition coefficient (Wildman–Crippen LogP) is 2.35. The first-order valence-electron chi connectivity index (χ1n) is 2.89. The fourth-order valence-corrected chi connectivity index (χ4v) is 4.47. The molecule has 0 heterocycles. The van der Waals surface area contributed by atoms with Crippen molar-refractivity contribution in [2.45, 2.75) is 35.6 Å². The Morgan fingerprint density at radius 3 is 1.14 bits per heavy atom. The van der Waals surface area contributed by atoms with Crippen molar-refractivity contribution in [3.05, 3.63) is 0 Å². The van der Waals surface area contributed by atoms with Gasteiger partial charge in [-0.15, -0.1) is 0 Å². The van der Waals surface area contributed by atoms with E-state index in [-0.39, 0.29) is 21.1 Å². The Balaban J connectivity index is 2.95. The molecule has 42 valence electrons. The van der Waals surface area contributed by atoms with Crippen LogP contribution in [-0.4, -0.2) is 21.1 Å². The van der Waals surface area contributed by atoms with E-state index >= 15 is 0 Å². The second kappa shape index (κ2) is 3.76. The van der Waals surface area contributed by atoms with E-state index in [2.05, 4.69) is 27.7 Å². The summed E-state index contributed by atoms with van der Waals surface area (Å²) in [6.07, 6.45) is 0. The molecule has 0 saturated carbocycles. The van der Waals surface area contributed by atoms with Crippen molar-refractivity contribution in [3.8, 4) is 0 Å². The van der Waals surface area contributed by atoms with Gasteiger partial charge in [-0.3, -0.25) is 0 Å². The second-order valence-electron chi connectivity index (χ2n) is 2.48. The molecule has 0 aromatic heterocycles. The molecule has 0 aliphatic heterocycles. The maximum atomic E-state index is 2.34. The molecule has 0 fully saturated rings. The van der Waals surface area contributed by atoms with Gasteiger partial charge in [0.2, 0.25) is 0 Å². The SMILES string of the molecule is C[CH](C)[Sn][CH](C)C. The van der Waals surface area contributed by atoms with Gasteiger partial charge in [-0.25, -0.2) is 0 Å². The first kappa shape index (κ1) is 7.80. The summed E-state index contributed by atoms with van der Waals surface area (Å²) >= 11 is 0.0389. The first-order chi connectivity index (χ1) is 3.13. The molecule has 0 saturated heterocycles. The Morgan fingerprint density at radius 2 is 1.14 bits per heavy atom. The summed E-state index contributed by atoms with van der Waals surface area (Å²) in [5.74, 6) is 0. The van der Waals surface area contributed by atoms with Gasteiger partial charge in [0.15, 0.2) is 0 Å². The van der Waals surface area contributed by atoms with Gasteiger partial charge in [0, 0.05) is 0 Å². The Bertz CT molecular complexity index is 33.4. The van der Waals surface area contributed by atoms with Crippen LogP contribution in [0.2, 0.25) is 7.87 Å². The van der Waals surface area contributed by atoms with Gasteiger partial charge in [-0.1, -0.05) is 0 Å². The number of hydrogen-bond acceptors (Lipinski definition) is 0. The molecule has 7 heavy (non-hydrogen) atoms. The van der Waals surface area contributed by atoms with Crippen LogP contribution >= 0.6 is 0 Å². The van der Waals surface area contributed by atoms with Crippen LogP contribution in [-0.2, 0) is 0 Å². The van der Waals surface area contributed by atoms with Crippen molar-refractivity contribution in [3.63, 3.8) is 0 Å². The average molecular weight is 205 g/mol. The van der Waals surface area contributed by atoms with Crippen LogP contribution in [0.25, 0.3) is 0 Å².